The van der Waals surface area contributed by atoms with Gasteiger partial charge in [0.05, 0.1) is 21.2 Å². The molecule has 12 heteroatoms. The molecular formula is C21H10BrF5N2O3S. The maximum Gasteiger partial charge on any atom is 0.381 e. The summed E-state index contributed by atoms with van der Waals surface area (Å²) in [6.45, 7) is 1.43. The number of aryl methyl sites for hydroxylation is 1. The molecule has 5 nitrogen and oxygen atoms in total. The molecule has 2 heterocycles. The summed E-state index contributed by atoms with van der Waals surface area (Å²) in [7, 11) is 0. The van der Waals surface area contributed by atoms with Crippen LogP contribution < -0.4 is 4.74 Å². The Kier molecular flexibility index (Phi) is 6.30. The van der Waals surface area contributed by atoms with E-state index in [1.54, 1.807) is 30.3 Å². The molecule has 0 radical (unpaired) electrons. The molecule has 0 aliphatic rings. The summed E-state index contributed by atoms with van der Waals surface area (Å²) in [5.74, 6) is -12.0. The van der Waals surface area contributed by atoms with Gasteiger partial charge in [-0.2, -0.15) is 9.78 Å². The van der Waals surface area contributed by atoms with Crippen molar-refractivity contribution in [1.29, 1.82) is 0 Å². The largest absolute Gasteiger partial charge is 0.442 e. The summed E-state index contributed by atoms with van der Waals surface area (Å²) in [6.07, 6.45) is 0. The fourth-order valence-electron chi connectivity index (χ4n) is 2.78. The molecule has 0 spiro atoms. The second-order valence-electron chi connectivity index (χ2n) is 6.46. The lowest BCUT2D eigenvalue weighted by molar-refractivity contribution is 0.0683. The molecule has 0 saturated carbocycles. The number of carbonyl (C=O) groups excluding carboxylic acids is 1. The maximum absolute atomic E-state index is 14.3. The van der Waals surface area contributed by atoms with Gasteiger partial charge < -0.3 is 9.15 Å². The molecule has 0 bridgehead atoms. The second kappa shape index (κ2) is 9.02. The summed E-state index contributed by atoms with van der Waals surface area (Å²) in [6, 6.07) is 11.0. The van der Waals surface area contributed by atoms with Crippen LogP contribution in [0.5, 0.6) is 5.88 Å². The van der Waals surface area contributed by atoms with Crippen LogP contribution in [0.3, 0.4) is 0 Å². The summed E-state index contributed by atoms with van der Waals surface area (Å²) in [5.41, 5.74) is 0.518. The number of esters is 1. The first-order valence-corrected chi connectivity index (χ1v) is 10.6. The van der Waals surface area contributed by atoms with Crippen LogP contribution in [-0.4, -0.2) is 15.7 Å². The van der Waals surface area contributed by atoms with Crippen LogP contribution in [0, 0.1) is 36.0 Å². The number of carbonyl (C=O) groups is 1. The monoisotopic (exact) mass is 544 g/mol. The van der Waals surface area contributed by atoms with E-state index in [-0.39, 0.29) is 38.7 Å². The van der Waals surface area contributed by atoms with Crippen molar-refractivity contribution < 1.29 is 35.9 Å². The van der Waals surface area contributed by atoms with Crippen molar-refractivity contribution in [2.75, 3.05) is 0 Å². The van der Waals surface area contributed by atoms with Gasteiger partial charge in [-0.1, -0.05) is 30.0 Å². The summed E-state index contributed by atoms with van der Waals surface area (Å²) < 4.78 is 81.5. The van der Waals surface area contributed by atoms with Crippen molar-refractivity contribution in [3.05, 3.63) is 87.7 Å². The fourth-order valence-corrected chi connectivity index (χ4v) is 4.05. The third-order valence-electron chi connectivity index (χ3n) is 4.30. The number of rotatable bonds is 5. The Hall–Kier alpha value is -3.12. The number of hydrogen-bond acceptors (Lipinski definition) is 5. The topological polar surface area (TPSA) is 57.3 Å². The average Bonchev–Trinajstić information content (AvgIpc) is 3.38. The second-order valence-corrected chi connectivity index (χ2v) is 8.26. The maximum atomic E-state index is 14.3. The smallest absolute Gasteiger partial charge is 0.381 e. The lowest BCUT2D eigenvalue weighted by Crippen LogP contribution is -2.11. The summed E-state index contributed by atoms with van der Waals surface area (Å²) in [5, 5.41) is 4.22. The molecule has 170 valence electrons. The van der Waals surface area contributed by atoms with E-state index in [1.807, 2.05) is 0 Å². The van der Waals surface area contributed by atoms with Gasteiger partial charge in [-0.05, 0) is 47.1 Å². The van der Waals surface area contributed by atoms with Crippen molar-refractivity contribution >= 4 is 33.7 Å². The molecule has 0 saturated heterocycles. The Morgan fingerprint density at radius 3 is 2.12 bits per heavy atom. The number of para-hydroxylation sites is 1. The van der Waals surface area contributed by atoms with E-state index in [9.17, 15) is 26.7 Å². The first kappa shape index (κ1) is 23.1. The quantitative estimate of drug-likeness (QED) is 0.122. The van der Waals surface area contributed by atoms with Gasteiger partial charge in [-0.15, -0.1) is 0 Å². The zero-order chi connectivity index (χ0) is 23.9. The predicted molar refractivity (Wildman–Crippen MR) is 110 cm³/mol. The van der Waals surface area contributed by atoms with Crippen molar-refractivity contribution in [3.8, 4) is 11.6 Å². The van der Waals surface area contributed by atoms with E-state index in [0.29, 0.717) is 5.69 Å². The van der Waals surface area contributed by atoms with Crippen LogP contribution in [0.1, 0.15) is 16.2 Å². The molecule has 0 N–H and O–H groups in total. The highest BCUT2D eigenvalue weighted by atomic mass is 79.9. The number of ether oxygens (including phenoxy) is 1. The van der Waals surface area contributed by atoms with Gasteiger partial charge in [-0.3, -0.25) is 0 Å². The third-order valence-corrected chi connectivity index (χ3v) is 5.97. The number of hydrogen-bond donors (Lipinski definition) is 0. The van der Waals surface area contributed by atoms with Crippen LogP contribution in [0.25, 0.3) is 5.69 Å². The minimum Gasteiger partial charge on any atom is -0.442 e. The SMILES string of the molecule is Cc1nn(-c2ccccc2)c(OC(=O)c2ccc(Br)o2)c1Sc1c(F)c(F)c(F)c(F)c1F. The summed E-state index contributed by atoms with van der Waals surface area (Å²) in [4.78, 5) is 11.3. The number of halogens is 6. The number of nitrogens with zero attached hydrogens (tertiary/aromatic N) is 2. The van der Waals surface area contributed by atoms with Crippen molar-refractivity contribution in [1.82, 2.24) is 9.78 Å². The molecule has 0 fully saturated rings. The molecule has 33 heavy (non-hydrogen) atoms. The Bertz CT molecular complexity index is 1350. The highest BCUT2D eigenvalue weighted by molar-refractivity contribution is 9.10. The van der Waals surface area contributed by atoms with Crippen LogP contribution in [0.15, 0.2) is 61.3 Å². The van der Waals surface area contributed by atoms with Crippen molar-refractivity contribution in [2.45, 2.75) is 16.7 Å². The highest BCUT2D eigenvalue weighted by Gasteiger charge is 2.30. The average molecular weight is 545 g/mol. The van der Waals surface area contributed by atoms with Crippen LogP contribution >= 0.6 is 27.7 Å². The van der Waals surface area contributed by atoms with Gasteiger partial charge in [0.2, 0.25) is 17.5 Å². The van der Waals surface area contributed by atoms with E-state index in [2.05, 4.69) is 21.0 Å². The standard InChI is InChI=1S/C21H10BrF5N2O3S/c1-9-18(33-19-16(26)14(24)13(23)15(25)17(19)27)20(29(28-9)10-5-3-2-4-6-10)32-21(30)11-7-8-12(22)31-11/h2-8H,1H3. The van der Waals surface area contributed by atoms with Gasteiger partial charge >= 0.3 is 5.97 Å². The van der Waals surface area contributed by atoms with Gasteiger partial charge in [0.1, 0.15) is 0 Å². The molecule has 2 aromatic heterocycles. The Morgan fingerprint density at radius 1 is 0.939 bits per heavy atom. The van der Waals surface area contributed by atoms with E-state index in [0.717, 1.165) is 0 Å². The predicted octanol–water partition coefficient (Wildman–Crippen LogP) is 6.60. The van der Waals surface area contributed by atoms with E-state index in [4.69, 9.17) is 9.15 Å². The van der Waals surface area contributed by atoms with Crippen molar-refractivity contribution in [3.63, 3.8) is 0 Å². The Morgan fingerprint density at radius 2 is 1.55 bits per heavy atom. The minimum atomic E-state index is -2.28. The summed E-state index contributed by atoms with van der Waals surface area (Å²) >= 11 is 3.25. The third kappa shape index (κ3) is 4.27. The molecule has 4 aromatic rings. The van der Waals surface area contributed by atoms with E-state index < -0.39 is 40.0 Å². The Labute approximate surface area is 195 Å². The van der Waals surface area contributed by atoms with Gasteiger partial charge in [-0.25, -0.2) is 26.7 Å². The van der Waals surface area contributed by atoms with Gasteiger partial charge in [0.15, 0.2) is 27.9 Å². The van der Waals surface area contributed by atoms with Gasteiger partial charge in [0.25, 0.3) is 0 Å². The molecular weight excluding hydrogens is 535 g/mol. The van der Waals surface area contributed by atoms with Crippen molar-refractivity contribution in [2.24, 2.45) is 0 Å². The zero-order valence-corrected chi connectivity index (χ0v) is 18.7. The van der Waals surface area contributed by atoms with E-state index >= 15 is 0 Å². The molecule has 2 aromatic carbocycles. The van der Waals surface area contributed by atoms with E-state index in [1.165, 1.54) is 23.7 Å². The Balaban J connectivity index is 1.85. The van der Waals surface area contributed by atoms with Gasteiger partial charge in [0, 0.05) is 0 Å². The number of furan rings is 1. The first-order chi connectivity index (χ1) is 15.7. The molecule has 0 aliphatic carbocycles. The highest BCUT2D eigenvalue weighted by Crippen LogP contribution is 2.42. The van der Waals surface area contributed by atoms with Crippen LogP contribution in [-0.2, 0) is 0 Å². The fraction of sp³-hybridized carbons (Fsp3) is 0.0476. The lowest BCUT2D eigenvalue weighted by atomic mass is 10.3. The van der Waals surface area contributed by atoms with Crippen LogP contribution in [0.4, 0.5) is 22.0 Å². The lowest BCUT2D eigenvalue weighted by Gasteiger charge is -2.11. The molecule has 0 atom stereocenters. The molecule has 0 unspecified atom stereocenters. The zero-order valence-electron chi connectivity index (χ0n) is 16.3. The van der Waals surface area contributed by atoms with Crippen LogP contribution in [0.2, 0.25) is 0 Å². The molecule has 0 amide bonds. The first-order valence-electron chi connectivity index (χ1n) is 9.00. The minimum absolute atomic E-state index is 0.108. The normalized spacial score (nSPS) is 11.1. The number of benzene rings is 2. The molecule has 4 rings (SSSR count). The molecule has 0 aliphatic heterocycles. The number of aromatic nitrogens is 2.